The van der Waals surface area contributed by atoms with Gasteiger partial charge in [-0.15, -0.1) is 0 Å². The molecule has 5 heteroatoms. The fraction of sp³-hybridized carbons (Fsp3) is 0.680. The number of nitrogens with zero attached hydrogens (tertiary/aromatic N) is 1. The molecule has 6 unspecified atom stereocenters. The molecule has 5 nitrogen and oxygen atoms in total. The molecule has 30 heavy (non-hydrogen) atoms. The van der Waals surface area contributed by atoms with Crippen LogP contribution in [0.5, 0.6) is 0 Å². The van der Waals surface area contributed by atoms with E-state index in [4.69, 9.17) is 9.25 Å². The van der Waals surface area contributed by atoms with Crippen LogP contribution in [0.2, 0.25) is 0 Å². The normalized spacial score (nSPS) is 44.1. The molecule has 6 atom stereocenters. The van der Waals surface area contributed by atoms with Crippen molar-refractivity contribution in [3.05, 3.63) is 46.0 Å². The van der Waals surface area contributed by atoms with Gasteiger partial charge in [0.2, 0.25) is 0 Å². The fourth-order valence-electron chi connectivity index (χ4n) is 7.83. The molecule has 1 aromatic heterocycles. The molecular weight excluding hydrogens is 378 g/mol. The van der Waals surface area contributed by atoms with Crippen LogP contribution in [0.4, 0.5) is 0 Å². The Hall–Kier alpha value is -1.88. The van der Waals surface area contributed by atoms with E-state index in [1.807, 2.05) is 6.07 Å². The highest BCUT2D eigenvalue weighted by Crippen LogP contribution is 2.69. The average Bonchev–Trinajstić information content (AvgIpc) is 3.01. The SMILES string of the molecule is CON=C1C=C2CCC3C(CCC4(C)C(c5ccc(=O)oc5)CCC34O)C2(C)CC1. The number of fused-ring (bicyclic) bond motifs is 5. The molecule has 0 spiro atoms. The van der Waals surface area contributed by atoms with Crippen LogP contribution in [-0.2, 0) is 4.84 Å². The number of allylic oxidation sites excluding steroid dienone is 2. The van der Waals surface area contributed by atoms with Crippen LogP contribution in [-0.4, -0.2) is 23.5 Å². The zero-order chi connectivity index (χ0) is 21.1. The van der Waals surface area contributed by atoms with Gasteiger partial charge in [0.25, 0.3) is 0 Å². The van der Waals surface area contributed by atoms with Gasteiger partial charge >= 0.3 is 5.63 Å². The Morgan fingerprint density at radius 2 is 1.93 bits per heavy atom. The first-order chi connectivity index (χ1) is 14.3. The third-order valence-electron chi connectivity index (χ3n) is 9.50. The quantitative estimate of drug-likeness (QED) is 0.709. The zero-order valence-corrected chi connectivity index (χ0v) is 18.3. The molecule has 0 amide bonds. The van der Waals surface area contributed by atoms with Gasteiger partial charge < -0.3 is 14.4 Å². The van der Waals surface area contributed by atoms with E-state index in [9.17, 15) is 9.90 Å². The van der Waals surface area contributed by atoms with Gasteiger partial charge in [-0.25, -0.2) is 4.79 Å². The minimum atomic E-state index is -0.661. The Morgan fingerprint density at radius 1 is 1.10 bits per heavy atom. The van der Waals surface area contributed by atoms with Crippen molar-refractivity contribution < 1.29 is 14.4 Å². The van der Waals surface area contributed by atoms with E-state index in [2.05, 4.69) is 25.1 Å². The second kappa shape index (κ2) is 6.81. The summed E-state index contributed by atoms with van der Waals surface area (Å²) >= 11 is 0. The second-order valence-electron chi connectivity index (χ2n) is 10.5. The molecule has 0 bridgehead atoms. The Morgan fingerprint density at radius 3 is 2.67 bits per heavy atom. The molecule has 162 valence electrons. The maximum atomic E-state index is 12.2. The predicted molar refractivity (Wildman–Crippen MR) is 115 cm³/mol. The fourth-order valence-corrected chi connectivity index (χ4v) is 7.83. The van der Waals surface area contributed by atoms with Crippen molar-refractivity contribution in [2.24, 2.45) is 27.8 Å². The van der Waals surface area contributed by atoms with Gasteiger partial charge in [0.05, 0.1) is 17.6 Å². The highest BCUT2D eigenvalue weighted by Gasteiger charge is 2.66. The first-order valence-electron chi connectivity index (χ1n) is 11.4. The molecule has 0 aromatic carbocycles. The average molecular weight is 412 g/mol. The molecule has 0 aliphatic heterocycles. The van der Waals surface area contributed by atoms with Crippen molar-refractivity contribution in [1.29, 1.82) is 0 Å². The third-order valence-corrected chi connectivity index (χ3v) is 9.50. The van der Waals surface area contributed by atoms with Crippen LogP contribution in [0.15, 0.2) is 44.4 Å². The molecule has 1 aromatic rings. The molecule has 0 radical (unpaired) electrons. The summed E-state index contributed by atoms with van der Waals surface area (Å²) in [6, 6.07) is 3.42. The molecule has 0 saturated heterocycles. The number of oxime groups is 1. The summed E-state index contributed by atoms with van der Waals surface area (Å²) in [5.74, 6) is 1.07. The van der Waals surface area contributed by atoms with Crippen molar-refractivity contribution in [1.82, 2.24) is 0 Å². The second-order valence-corrected chi connectivity index (χ2v) is 10.5. The third kappa shape index (κ3) is 2.63. The van der Waals surface area contributed by atoms with Crippen LogP contribution in [0.3, 0.4) is 0 Å². The zero-order valence-electron chi connectivity index (χ0n) is 18.3. The van der Waals surface area contributed by atoms with E-state index in [0.29, 0.717) is 11.8 Å². The van der Waals surface area contributed by atoms with Gasteiger partial charge in [-0.3, -0.25) is 0 Å². The summed E-state index contributed by atoms with van der Waals surface area (Å²) in [6.45, 7) is 4.70. The Bertz CT molecular complexity index is 944. The van der Waals surface area contributed by atoms with Crippen molar-refractivity contribution in [3.8, 4) is 0 Å². The lowest BCUT2D eigenvalue weighted by Gasteiger charge is -2.61. The highest BCUT2D eigenvalue weighted by molar-refractivity contribution is 5.96. The van der Waals surface area contributed by atoms with E-state index >= 15 is 0 Å². The van der Waals surface area contributed by atoms with E-state index in [1.165, 1.54) is 11.6 Å². The van der Waals surface area contributed by atoms with Gasteiger partial charge in [-0.2, -0.15) is 0 Å². The maximum absolute atomic E-state index is 12.2. The lowest BCUT2D eigenvalue weighted by molar-refractivity contribution is -0.176. The predicted octanol–water partition coefficient (Wildman–Crippen LogP) is 4.80. The number of aliphatic hydroxyl groups is 1. The monoisotopic (exact) mass is 411 g/mol. The van der Waals surface area contributed by atoms with E-state index in [1.54, 1.807) is 13.4 Å². The minimum absolute atomic E-state index is 0.143. The smallest absolute Gasteiger partial charge is 0.335 e. The first-order valence-corrected chi connectivity index (χ1v) is 11.4. The molecule has 1 heterocycles. The maximum Gasteiger partial charge on any atom is 0.335 e. The van der Waals surface area contributed by atoms with Crippen LogP contribution in [0.1, 0.15) is 76.7 Å². The summed E-state index contributed by atoms with van der Waals surface area (Å²) in [5.41, 5.74) is 2.60. The summed E-state index contributed by atoms with van der Waals surface area (Å²) in [4.78, 5) is 16.5. The molecule has 4 aliphatic carbocycles. The summed E-state index contributed by atoms with van der Waals surface area (Å²) in [5, 5.41) is 16.4. The summed E-state index contributed by atoms with van der Waals surface area (Å²) in [7, 11) is 1.61. The molecule has 3 saturated carbocycles. The van der Waals surface area contributed by atoms with Gasteiger partial charge in [0, 0.05) is 11.5 Å². The van der Waals surface area contributed by atoms with Gasteiger partial charge in [0.15, 0.2) is 0 Å². The molecule has 1 N–H and O–H groups in total. The van der Waals surface area contributed by atoms with Gasteiger partial charge in [-0.05, 0) is 92.2 Å². The van der Waals surface area contributed by atoms with E-state index in [0.717, 1.165) is 62.6 Å². The number of hydrogen-bond acceptors (Lipinski definition) is 5. The minimum Gasteiger partial charge on any atom is -0.431 e. The number of rotatable bonds is 2. The Labute approximate surface area is 178 Å². The highest BCUT2D eigenvalue weighted by atomic mass is 16.6. The van der Waals surface area contributed by atoms with E-state index in [-0.39, 0.29) is 22.4 Å². The van der Waals surface area contributed by atoms with Crippen LogP contribution in [0, 0.1) is 22.7 Å². The molecule has 5 rings (SSSR count). The van der Waals surface area contributed by atoms with Crippen molar-refractivity contribution in [3.63, 3.8) is 0 Å². The van der Waals surface area contributed by atoms with Gasteiger partial charge in [0.1, 0.15) is 7.11 Å². The Balaban J connectivity index is 1.49. The first kappa shape index (κ1) is 20.0. The van der Waals surface area contributed by atoms with Crippen molar-refractivity contribution >= 4 is 5.71 Å². The Kier molecular flexibility index (Phi) is 4.55. The standard InChI is InChI=1S/C25H33NO4/c1-23-11-8-18(26-29-3)14-17(23)5-6-21-20(23)9-12-24(2)19(10-13-25(21,24)28)16-4-7-22(27)30-15-16/h4,7,14-15,19-21,28H,5-6,8-13H2,1-3H3. The van der Waals surface area contributed by atoms with Crippen LogP contribution in [0.25, 0.3) is 0 Å². The molecule has 4 aliphatic rings. The largest absolute Gasteiger partial charge is 0.431 e. The molecule has 3 fully saturated rings. The van der Waals surface area contributed by atoms with Crippen LogP contribution >= 0.6 is 0 Å². The summed E-state index contributed by atoms with van der Waals surface area (Å²) in [6.07, 6.45) is 11.9. The molecular formula is C25H33NO4. The van der Waals surface area contributed by atoms with Crippen molar-refractivity contribution in [2.45, 2.75) is 76.7 Å². The van der Waals surface area contributed by atoms with E-state index < -0.39 is 5.60 Å². The topological polar surface area (TPSA) is 72.0 Å². The van der Waals surface area contributed by atoms with Gasteiger partial charge in [-0.1, -0.05) is 24.6 Å². The summed E-state index contributed by atoms with van der Waals surface area (Å²) < 4.78 is 5.19. The lowest BCUT2D eigenvalue weighted by Crippen LogP contribution is -2.60. The lowest BCUT2D eigenvalue weighted by atomic mass is 9.45. The number of hydrogen-bond donors (Lipinski definition) is 1. The van der Waals surface area contributed by atoms with Crippen LogP contribution < -0.4 is 5.63 Å². The van der Waals surface area contributed by atoms with Crippen molar-refractivity contribution in [2.75, 3.05) is 7.11 Å².